The number of methoxy groups -OCH3 is 1. The standard InChI is InChI=1S/C23H21ClN4O3/c1-30-22-16-21(27-9-2-3-10-27)20(24)15-19(22)23(29)26-17-6-4-7-18(14-17)31-13-12-28-11-5-8-25-28/h2-11,14-16H,12-13H2,1H3,(H,26,29). The van der Waals surface area contributed by atoms with Crippen LogP contribution in [0.25, 0.3) is 5.69 Å². The molecule has 31 heavy (non-hydrogen) atoms. The molecule has 1 amide bonds. The summed E-state index contributed by atoms with van der Waals surface area (Å²) in [6, 6.07) is 16.2. The Hall–Kier alpha value is -3.71. The maximum atomic E-state index is 12.9. The molecule has 0 spiro atoms. The van der Waals surface area contributed by atoms with E-state index in [-0.39, 0.29) is 5.91 Å². The summed E-state index contributed by atoms with van der Waals surface area (Å²) in [6.45, 7) is 1.09. The highest BCUT2D eigenvalue weighted by molar-refractivity contribution is 6.33. The van der Waals surface area contributed by atoms with Crippen LogP contribution in [0.15, 0.2) is 79.4 Å². The second-order valence-corrected chi connectivity index (χ2v) is 7.10. The molecule has 1 N–H and O–H groups in total. The first-order chi connectivity index (χ1) is 15.1. The van der Waals surface area contributed by atoms with Crippen molar-refractivity contribution >= 4 is 23.2 Å². The lowest BCUT2D eigenvalue weighted by Crippen LogP contribution is -2.14. The highest BCUT2D eigenvalue weighted by Crippen LogP contribution is 2.30. The first-order valence-electron chi connectivity index (χ1n) is 9.66. The number of carbonyl (C=O) groups is 1. The van der Waals surface area contributed by atoms with Gasteiger partial charge in [0.2, 0.25) is 0 Å². The number of nitrogens with zero attached hydrogens (tertiary/aromatic N) is 3. The van der Waals surface area contributed by atoms with Crippen molar-refractivity contribution in [1.29, 1.82) is 0 Å². The van der Waals surface area contributed by atoms with Gasteiger partial charge in [-0.05, 0) is 36.4 Å². The summed E-state index contributed by atoms with van der Waals surface area (Å²) in [7, 11) is 1.52. The Balaban J connectivity index is 1.47. The molecule has 0 radical (unpaired) electrons. The van der Waals surface area contributed by atoms with E-state index in [1.54, 1.807) is 35.1 Å². The molecule has 0 aliphatic carbocycles. The number of nitrogens with one attached hydrogen (secondary N) is 1. The minimum absolute atomic E-state index is 0.327. The zero-order valence-electron chi connectivity index (χ0n) is 16.9. The molecule has 0 unspecified atom stereocenters. The number of anilines is 1. The van der Waals surface area contributed by atoms with Crippen LogP contribution in [0.1, 0.15) is 10.4 Å². The van der Waals surface area contributed by atoms with Gasteiger partial charge in [-0.2, -0.15) is 5.10 Å². The molecule has 0 bridgehead atoms. The largest absolute Gasteiger partial charge is 0.496 e. The maximum absolute atomic E-state index is 12.9. The minimum Gasteiger partial charge on any atom is -0.496 e. The number of rotatable bonds is 8. The highest BCUT2D eigenvalue weighted by atomic mass is 35.5. The zero-order valence-corrected chi connectivity index (χ0v) is 17.6. The van der Waals surface area contributed by atoms with Crippen LogP contribution in [-0.2, 0) is 6.54 Å². The Bertz CT molecular complexity index is 1160. The zero-order chi connectivity index (χ0) is 21.6. The number of halogens is 1. The van der Waals surface area contributed by atoms with E-state index in [0.717, 1.165) is 5.69 Å². The summed E-state index contributed by atoms with van der Waals surface area (Å²) >= 11 is 6.44. The minimum atomic E-state index is -0.327. The van der Waals surface area contributed by atoms with Crippen molar-refractivity contribution in [3.05, 3.63) is 90.0 Å². The molecule has 4 rings (SSSR count). The second kappa shape index (κ2) is 9.40. The lowest BCUT2D eigenvalue weighted by molar-refractivity contribution is 0.102. The molecular formula is C23H21ClN4O3. The second-order valence-electron chi connectivity index (χ2n) is 6.69. The van der Waals surface area contributed by atoms with E-state index < -0.39 is 0 Å². The van der Waals surface area contributed by atoms with Gasteiger partial charge < -0.3 is 19.4 Å². The highest BCUT2D eigenvalue weighted by Gasteiger charge is 2.17. The van der Waals surface area contributed by atoms with E-state index in [4.69, 9.17) is 21.1 Å². The monoisotopic (exact) mass is 436 g/mol. The van der Waals surface area contributed by atoms with Crippen molar-refractivity contribution in [2.45, 2.75) is 6.54 Å². The smallest absolute Gasteiger partial charge is 0.259 e. The van der Waals surface area contributed by atoms with Gasteiger partial charge >= 0.3 is 0 Å². The van der Waals surface area contributed by atoms with Gasteiger partial charge in [-0.15, -0.1) is 0 Å². The van der Waals surface area contributed by atoms with Gasteiger partial charge in [0.15, 0.2) is 0 Å². The molecule has 0 saturated heterocycles. The van der Waals surface area contributed by atoms with E-state index in [2.05, 4.69) is 10.4 Å². The van der Waals surface area contributed by atoms with E-state index in [1.807, 2.05) is 53.5 Å². The van der Waals surface area contributed by atoms with Crippen molar-refractivity contribution in [2.75, 3.05) is 19.0 Å². The van der Waals surface area contributed by atoms with Crippen LogP contribution in [0.3, 0.4) is 0 Å². The van der Waals surface area contributed by atoms with Gasteiger partial charge in [-0.1, -0.05) is 17.7 Å². The lowest BCUT2D eigenvalue weighted by atomic mass is 10.1. The van der Waals surface area contributed by atoms with Gasteiger partial charge in [0, 0.05) is 42.6 Å². The number of hydrogen-bond donors (Lipinski definition) is 1. The Morgan fingerprint density at radius 1 is 1.10 bits per heavy atom. The third kappa shape index (κ3) is 4.90. The summed E-state index contributed by atoms with van der Waals surface area (Å²) in [5.74, 6) is 0.752. The molecule has 0 atom stereocenters. The number of hydrogen-bond acceptors (Lipinski definition) is 4. The fourth-order valence-corrected chi connectivity index (χ4v) is 3.40. The first kappa shape index (κ1) is 20.6. The number of carbonyl (C=O) groups excluding carboxylic acids is 1. The summed E-state index contributed by atoms with van der Waals surface area (Å²) < 4.78 is 14.9. The van der Waals surface area contributed by atoms with Gasteiger partial charge in [0.1, 0.15) is 18.1 Å². The molecule has 2 heterocycles. The number of aromatic nitrogens is 3. The Kier molecular flexibility index (Phi) is 6.24. The van der Waals surface area contributed by atoms with Gasteiger partial charge in [0.25, 0.3) is 5.91 Å². The molecule has 0 saturated carbocycles. The van der Waals surface area contributed by atoms with Gasteiger partial charge in [-0.25, -0.2) is 0 Å². The SMILES string of the molecule is COc1cc(-n2cccc2)c(Cl)cc1C(=O)Nc1cccc(OCCn2cccn2)c1. The van der Waals surface area contributed by atoms with Crippen molar-refractivity contribution in [1.82, 2.24) is 14.3 Å². The van der Waals surface area contributed by atoms with E-state index >= 15 is 0 Å². The third-order valence-electron chi connectivity index (χ3n) is 4.64. The predicted molar refractivity (Wildman–Crippen MR) is 119 cm³/mol. The summed E-state index contributed by atoms with van der Waals surface area (Å²) in [4.78, 5) is 12.9. The summed E-state index contributed by atoms with van der Waals surface area (Å²) in [5, 5.41) is 7.46. The van der Waals surface area contributed by atoms with Crippen LogP contribution in [-0.4, -0.2) is 34.0 Å². The average Bonchev–Trinajstić information content (AvgIpc) is 3.48. The van der Waals surface area contributed by atoms with Gasteiger partial charge in [-0.3, -0.25) is 9.48 Å². The molecule has 2 aromatic heterocycles. The van der Waals surface area contributed by atoms with Crippen LogP contribution in [0, 0.1) is 0 Å². The number of benzene rings is 2. The maximum Gasteiger partial charge on any atom is 0.259 e. The van der Waals surface area contributed by atoms with Crippen LogP contribution in [0.4, 0.5) is 5.69 Å². The molecule has 7 nitrogen and oxygen atoms in total. The fourth-order valence-electron chi connectivity index (χ4n) is 3.13. The van der Waals surface area contributed by atoms with Crippen LogP contribution in [0.5, 0.6) is 11.5 Å². The van der Waals surface area contributed by atoms with E-state index in [9.17, 15) is 4.79 Å². The molecule has 4 aromatic rings. The first-order valence-corrected chi connectivity index (χ1v) is 10.0. The topological polar surface area (TPSA) is 70.3 Å². The Labute approximate surface area is 184 Å². The van der Waals surface area contributed by atoms with Crippen molar-refractivity contribution < 1.29 is 14.3 Å². The lowest BCUT2D eigenvalue weighted by Gasteiger charge is -2.14. The molecule has 158 valence electrons. The molecule has 0 aliphatic heterocycles. The predicted octanol–water partition coefficient (Wildman–Crippen LogP) is 4.67. The van der Waals surface area contributed by atoms with Gasteiger partial charge in [0.05, 0.1) is 29.9 Å². The fraction of sp³-hybridized carbons (Fsp3) is 0.130. The number of amides is 1. The van der Waals surface area contributed by atoms with Crippen molar-refractivity contribution in [3.8, 4) is 17.2 Å². The molecule has 2 aromatic carbocycles. The van der Waals surface area contributed by atoms with Crippen LogP contribution in [0.2, 0.25) is 5.02 Å². The van der Waals surface area contributed by atoms with Crippen LogP contribution < -0.4 is 14.8 Å². The van der Waals surface area contributed by atoms with E-state index in [0.29, 0.717) is 40.9 Å². The molecular weight excluding hydrogens is 416 g/mol. The normalized spacial score (nSPS) is 10.6. The molecule has 0 aliphatic rings. The van der Waals surface area contributed by atoms with Crippen molar-refractivity contribution in [3.63, 3.8) is 0 Å². The Morgan fingerprint density at radius 3 is 2.68 bits per heavy atom. The Morgan fingerprint density at radius 2 is 1.94 bits per heavy atom. The molecule has 0 fully saturated rings. The van der Waals surface area contributed by atoms with Crippen LogP contribution >= 0.6 is 11.6 Å². The summed E-state index contributed by atoms with van der Waals surface area (Å²) in [6.07, 6.45) is 7.35. The number of ether oxygens (including phenoxy) is 2. The quantitative estimate of drug-likeness (QED) is 0.436. The average molecular weight is 437 g/mol. The third-order valence-corrected chi connectivity index (χ3v) is 4.94. The van der Waals surface area contributed by atoms with E-state index in [1.165, 1.54) is 7.11 Å². The summed E-state index contributed by atoms with van der Waals surface area (Å²) in [5.41, 5.74) is 1.68. The van der Waals surface area contributed by atoms with Crippen molar-refractivity contribution in [2.24, 2.45) is 0 Å². The molecule has 8 heteroatoms.